The monoisotopic (exact) mass is 342 g/mol. The average Bonchev–Trinajstić information content (AvgIpc) is 2.61. The molecule has 2 atom stereocenters. The van der Waals surface area contributed by atoms with E-state index in [-0.39, 0.29) is 19.1 Å². The molecule has 0 radical (unpaired) electrons. The maximum Gasteiger partial charge on any atom is 0.309 e. The van der Waals surface area contributed by atoms with E-state index in [1.807, 2.05) is 62.4 Å². The minimum Gasteiger partial charge on any atom is -0.466 e. The van der Waals surface area contributed by atoms with E-state index < -0.39 is 17.7 Å². The number of aliphatic hydroxyl groups is 1. The van der Waals surface area contributed by atoms with E-state index in [1.54, 1.807) is 19.1 Å². The highest BCUT2D eigenvalue weighted by atomic mass is 16.5. The van der Waals surface area contributed by atoms with Crippen LogP contribution in [0.25, 0.3) is 0 Å². The van der Waals surface area contributed by atoms with Crippen molar-refractivity contribution >= 4 is 5.97 Å². The Hall–Kier alpha value is -2.17. The van der Waals surface area contributed by atoms with Crippen LogP contribution in [0.1, 0.15) is 44.4 Å². The van der Waals surface area contributed by atoms with Crippen LogP contribution in [0.4, 0.5) is 0 Å². The molecule has 0 aliphatic carbocycles. The van der Waals surface area contributed by atoms with Gasteiger partial charge in [0.1, 0.15) is 11.7 Å². The molecule has 1 N–H and O–H groups in total. The first-order valence-corrected chi connectivity index (χ1v) is 8.61. The van der Waals surface area contributed by atoms with Crippen molar-refractivity contribution in [2.24, 2.45) is 0 Å². The molecule has 0 saturated heterocycles. The fourth-order valence-corrected chi connectivity index (χ4v) is 2.87. The molecule has 0 unspecified atom stereocenters. The van der Waals surface area contributed by atoms with Gasteiger partial charge in [-0.2, -0.15) is 0 Å². The van der Waals surface area contributed by atoms with E-state index in [0.717, 1.165) is 5.56 Å². The quantitative estimate of drug-likeness (QED) is 0.737. The molecule has 0 aliphatic heterocycles. The summed E-state index contributed by atoms with van der Waals surface area (Å²) in [6, 6.07) is 18.6. The molecule has 4 nitrogen and oxygen atoms in total. The van der Waals surface area contributed by atoms with Crippen molar-refractivity contribution in [3.05, 3.63) is 71.8 Å². The standard InChI is InChI=1S/C21H26O4/c1-4-24-19(22)15-21(23,18-13-9-6-10-14-18)20(25-16(2)3)17-11-7-5-8-12-17/h5-14,16,20,23H,4,15H2,1-3H3/t20-,21+/m1/s1. The Labute approximate surface area is 149 Å². The van der Waals surface area contributed by atoms with Gasteiger partial charge in [0.15, 0.2) is 0 Å². The number of hydrogen-bond acceptors (Lipinski definition) is 4. The van der Waals surface area contributed by atoms with Crippen molar-refractivity contribution in [2.45, 2.75) is 45.0 Å². The molecule has 0 aliphatic rings. The fourth-order valence-electron chi connectivity index (χ4n) is 2.87. The maximum atomic E-state index is 12.2. The van der Waals surface area contributed by atoms with E-state index in [9.17, 15) is 9.90 Å². The molecule has 0 saturated carbocycles. The van der Waals surface area contributed by atoms with Crippen LogP contribution in [0.5, 0.6) is 0 Å². The van der Waals surface area contributed by atoms with Crippen molar-refractivity contribution in [1.29, 1.82) is 0 Å². The number of rotatable bonds is 8. The second kappa shape index (κ2) is 8.79. The summed E-state index contributed by atoms with van der Waals surface area (Å²) in [4.78, 5) is 12.2. The molecule has 0 fully saturated rings. The molecule has 0 aromatic heterocycles. The predicted octanol–water partition coefficient (Wildman–Crippen LogP) is 3.99. The van der Waals surface area contributed by atoms with Gasteiger partial charge in [0.05, 0.1) is 19.1 Å². The summed E-state index contributed by atoms with van der Waals surface area (Å²) in [6.45, 7) is 5.83. The third-order valence-electron chi connectivity index (χ3n) is 3.94. The third kappa shape index (κ3) is 4.91. The lowest BCUT2D eigenvalue weighted by Crippen LogP contribution is -2.39. The summed E-state index contributed by atoms with van der Waals surface area (Å²) in [7, 11) is 0. The van der Waals surface area contributed by atoms with E-state index in [4.69, 9.17) is 9.47 Å². The van der Waals surface area contributed by atoms with Crippen LogP contribution in [0, 0.1) is 0 Å². The number of benzene rings is 2. The highest BCUT2D eigenvalue weighted by Gasteiger charge is 2.43. The molecule has 2 rings (SSSR count). The van der Waals surface area contributed by atoms with Gasteiger partial charge in [-0.15, -0.1) is 0 Å². The van der Waals surface area contributed by atoms with E-state index in [0.29, 0.717) is 5.56 Å². The summed E-state index contributed by atoms with van der Waals surface area (Å²) < 4.78 is 11.2. The van der Waals surface area contributed by atoms with E-state index in [1.165, 1.54) is 0 Å². The Kier molecular flexibility index (Phi) is 6.73. The Balaban J connectivity index is 2.51. The maximum absolute atomic E-state index is 12.2. The van der Waals surface area contributed by atoms with Gasteiger partial charge in [0.2, 0.25) is 0 Å². The Bertz CT molecular complexity index is 654. The van der Waals surface area contributed by atoms with Crippen molar-refractivity contribution in [1.82, 2.24) is 0 Å². The van der Waals surface area contributed by atoms with E-state index >= 15 is 0 Å². The van der Waals surface area contributed by atoms with Gasteiger partial charge in [-0.05, 0) is 31.9 Å². The highest BCUT2D eigenvalue weighted by molar-refractivity contribution is 5.71. The summed E-state index contributed by atoms with van der Waals surface area (Å²) in [5, 5.41) is 11.6. The lowest BCUT2D eigenvalue weighted by molar-refractivity contribution is -0.168. The number of carbonyl (C=O) groups excluding carboxylic acids is 1. The second-order valence-corrected chi connectivity index (χ2v) is 6.25. The Morgan fingerprint density at radius 3 is 2.12 bits per heavy atom. The van der Waals surface area contributed by atoms with Crippen LogP contribution in [-0.2, 0) is 19.9 Å². The van der Waals surface area contributed by atoms with Crippen LogP contribution in [0.15, 0.2) is 60.7 Å². The lowest BCUT2D eigenvalue weighted by atomic mass is 9.81. The van der Waals surface area contributed by atoms with Crippen LogP contribution in [0.2, 0.25) is 0 Å². The molecule has 4 heteroatoms. The molecule has 2 aromatic rings. The van der Waals surface area contributed by atoms with Crippen molar-refractivity contribution in [2.75, 3.05) is 6.61 Å². The SMILES string of the molecule is CCOC(=O)C[C@](O)(c1ccccc1)[C@H](OC(C)C)c1ccccc1. The predicted molar refractivity (Wildman–Crippen MR) is 97.0 cm³/mol. The molecular formula is C21H26O4. The third-order valence-corrected chi connectivity index (χ3v) is 3.94. The zero-order valence-electron chi connectivity index (χ0n) is 15.0. The van der Waals surface area contributed by atoms with Gasteiger partial charge in [-0.3, -0.25) is 4.79 Å². The first-order valence-electron chi connectivity index (χ1n) is 8.61. The molecule has 0 amide bonds. The highest BCUT2D eigenvalue weighted by Crippen LogP contribution is 2.41. The molecular weight excluding hydrogens is 316 g/mol. The second-order valence-electron chi connectivity index (χ2n) is 6.25. The fraction of sp³-hybridized carbons (Fsp3) is 0.381. The zero-order chi connectivity index (χ0) is 18.3. The first-order chi connectivity index (χ1) is 12.0. The van der Waals surface area contributed by atoms with Gasteiger partial charge in [0.25, 0.3) is 0 Å². The number of carbonyl (C=O) groups is 1. The molecule has 0 spiro atoms. The zero-order valence-corrected chi connectivity index (χ0v) is 15.0. The average molecular weight is 342 g/mol. The van der Waals surface area contributed by atoms with Gasteiger partial charge >= 0.3 is 5.97 Å². The van der Waals surface area contributed by atoms with Crippen molar-refractivity contribution < 1.29 is 19.4 Å². The summed E-state index contributed by atoms with van der Waals surface area (Å²) in [5.41, 5.74) is -0.0940. The number of hydrogen-bond donors (Lipinski definition) is 1. The Morgan fingerprint density at radius 2 is 1.60 bits per heavy atom. The normalized spacial score (nSPS) is 14.8. The van der Waals surface area contributed by atoms with Crippen LogP contribution >= 0.6 is 0 Å². The van der Waals surface area contributed by atoms with E-state index in [2.05, 4.69) is 0 Å². The first kappa shape index (κ1) is 19.2. The van der Waals surface area contributed by atoms with Crippen LogP contribution in [-0.4, -0.2) is 23.8 Å². The topological polar surface area (TPSA) is 55.8 Å². The summed E-state index contributed by atoms with van der Waals surface area (Å²) in [6.07, 6.45) is -1.000. The molecule has 0 bridgehead atoms. The number of esters is 1. The van der Waals surface area contributed by atoms with Crippen LogP contribution in [0.3, 0.4) is 0 Å². The van der Waals surface area contributed by atoms with Crippen LogP contribution < -0.4 is 0 Å². The summed E-state index contributed by atoms with van der Waals surface area (Å²) in [5.74, 6) is -0.456. The Morgan fingerprint density at radius 1 is 1.04 bits per heavy atom. The van der Waals surface area contributed by atoms with Gasteiger partial charge < -0.3 is 14.6 Å². The van der Waals surface area contributed by atoms with Crippen molar-refractivity contribution in [3.63, 3.8) is 0 Å². The molecule has 134 valence electrons. The summed E-state index contributed by atoms with van der Waals surface area (Å²) >= 11 is 0. The molecule has 25 heavy (non-hydrogen) atoms. The molecule has 2 aromatic carbocycles. The van der Waals surface area contributed by atoms with Gasteiger partial charge in [-0.25, -0.2) is 0 Å². The minimum absolute atomic E-state index is 0.123. The smallest absolute Gasteiger partial charge is 0.309 e. The van der Waals surface area contributed by atoms with Crippen molar-refractivity contribution in [3.8, 4) is 0 Å². The molecule has 0 heterocycles. The minimum atomic E-state index is -1.53. The lowest BCUT2D eigenvalue weighted by Gasteiger charge is -2.37. The van der Waals surface area contributed by atoms with Gasteiger partial charge in [-0.1, -0.05) is 60.7 Å². The number of ether oxygens (including phenoxy) is 2. The largest absolute Gasteiger partial charge is 0.466 e. The van der Waals surface area contributed by atoms with Gasteiger partial charge in [0, 0.05) is 0 Å².